The van der Waals surface area contributed by atoms with Gasteiger partial charge in [0.15, 0.2) is 0 Å². The van der Waals surface area contributed by atoms with E-state index in [9.17, 15) is 4.79 Å². The fourth-order valence-corrected chi connectivity index (χ4v) is 2.05. The largest absolute Gasteiger partial charge is 0.377 e. The Bertz CT molecular complexity index is 597. The molecule has 124 valence electrons. The van der Waals surface area contributed by atoms with E-state index < -0.39 is 0 Å². The van der Waals surface area contributed by atoms with Gasteiger partial charge in [0.1, 0.15) is 0 Å². The molecule has 0 bridgehead atoms. The van der Waals surface area contributed by atoms with Gasteiger partial charge in [-0.05, 0) is 35.7 Å². The Morgan fingerprint density at radius 1 is 1.00 bits per heavy atom. The van der Waals surface area contributed by atoms with Crippen molar-refractivity contribution in [1.82, 2.24) is 5.32 Å². The van der Waals surface area contributed by atoms with E-state index in [-0.39, 0.29) is 18.3 Å². The number of ether oxygens (including phenoxy) is 1. The highest BCUT2D eigenvalue weighted by Gasteiger charge is 2.05. The fraction of sp³-hybridized carbons (Fsp3) is 0.278. The van der Waals surface area contributed by atoms with Crippen LogP contribution in [0.15, 0.2) is 48.5 Å². The molecule has 5 heteroatoms. The summed E-state index contributed by atoms with van der Waals surface area (Å²) >= 11 is 0. The lowest BCUT2D eigenvalue weighted by Gasteiger charge is -2.07. The van der Waals surface area contributed by atoms with E-state index in [1.165, 1.54) is 0 Å². The number of carbonyl (C=O) groups excluding carboxylic acids is 1. The lowest BCUT2D eigenvalue weighted by atomic mass is 10.1. The Balaban J connectivity index is 0.00000264. The summed E-state index contributed by atoms with van der Waals surface area (Å²) in [5, 5.41) is 2.91. The summed E-state index contributed by atoms with van der Waals surface area (Å²) in [7, 11) is 0. The Morgan fingerprint density at radius 2 is 1.57 bits per heavy atom. The maximum atomic E-state index is 12.1. The average molecular weight is 335 g/mol. The lowest BCUT2D eigenvalue weighted by molar-refractivity contribution is 0.0951. The number of hydrogen-bond acceptors (Lipinski definition) is 3. The van der Waals surface area contributed by atoms with Gasteiger partial charge in [0, 0.05) is 25.3 Å². The van der Waals surface area contributed by atoms with Crippen molar-refractivity contribution < 1.29 is 9.53 Å². The molecule has 1 amide bonds. The molecule has 2 aromatic carbocycles. The minimum Gasteiger partial charge on any atom is -0.377 e. The molecule has 0 aliphatic carbocycles. The first-order chi connectivity index (χ1) is 10.7. The summed E-state index contributed by atoms with van der Waals surface area (Å²) in [6.07, 6.45) is 0. The minimum atomic E-state index is -0.0815. The van der Waals surface area contributed by atoms with Gasteiger partial charge in [0.25, 0.3) is 5.91 Å². The monoisotopic (exact) mass is 334 g/mol. The minimum absolute atomic E-state index is 0. The Hall–Kier alpha value is -1.88. The summed E-state index contributed by atoms with van der Waals surface area (Å²) in [6, 6.07) is 15.4. The Morgan fingerprint density at radius 3 is 2.13 bits per heavy atom. The second kappa shape index (κ2) is 10.0. The van der Waals surface area contributed by atoms with Gasteiger partial charge in [-0.15, -0.1) is 12.4 Å². The van der Waals surface area contributed by atoms with Crippen LogP contribution in [0, 0.1) is 0 Å². The van der Waals surface area contributed by atoms with Crippen LogP contribution in [0.1, 0.15) is 34.0 Å². The summed E-state index contributed by atoms with van der Waals surface area (Å²) in [5.74, 6) is -0.0815. The molecule has 4 nitrogen and oxygen atoms in total. The van der Waals surface area contributed by atoms with Crippen molar-refractivity contribution >= 4 is 18.3 Å². The second-order valence-corrected chi connectivity index (χ2v) is 5.04. The van der Waals surface area contributed by atoms with E-state index in [0.29, 0.717) is 31.9 Å². The lowest BCUT2D eigenvalue weighted by Crippen LogP contribution is -2.22. The van der Waals surface area contributed by atoms with E-state index >= 15 is 0 Å². The molecule has 2 rings (SSSR count). The highest BCUT2D eigenvalue weighted by molar-refractivity contribution is 5.94. The van der Waals surface area contributed by atoms with Gasteiger partial charge in [-0.3, -0.25) is 4.79 Å². The van der Waals surface area contributed by atoms with E-state index in [0.717, 1.165) is 16.7 Å². The molecular weight excluding hydrogens is 312 g/mol. The van der Waals surface area contributed by atoms with Gasteiger partial charge >= 0.3 is 0 Å². The van der Waals surface area contributed by atoms with Crippen LogP contribution in [0.3, 0.4) is 0 Å². The zero-order valence-corrected chi connectivity index (χ0v) is 14.1. The van der Waals surface area contributed by atoms with Crippen LogP contribution in [-0.4, -0.2) is 12.5 Å². The van der Waals surface area contributed by atoms with E-state index in [4.69, 9.17) is 10.5 Å². The van der Waals surface area contributed by atoms with E-state index in [1.54, 1.807) is 12.1 Å². The van der Waals surface area contributed by atoms with Crippen molar-refractivity contribution in [2.45, 2.75) is 26.6 Å². The first-order valence-electron chi connectivity index (χ1n) is 7.45. The molecule has 0 saturated heterocycles. The third kappa shape index (κ3) is 6.02. The number of nitrogens with two attached hydrogens (primary N) is 1. The smallest absolute Gasteiger partial charge is 0.251 e. The third-order valence-electron chi connectivity index (χ3n) is 3.40. The number of carbonyl (C=O) groups is 1. The number of amides is 1. The third-order valence-corrected chi connectivity index (χ3v) is 3.40. The van der Waals surface area contributed by atoms with Crippen molar-refractivity contribution in [2.75, 3.05) is 6.61 Å². The maximum absolute atomic E-state index is 12.1. The van der Waals surface area contributed by atoms with Gasteiger partial charge in [-0.25, -0.2) is 0 Å². The van der Waals surface area contributed by atoms with Gasteiger partial charge in [-0.2, -0.15) is 0 Å². The molecule has 0 aliphatic heterocycles. The van der Waals surface area contributed by atoms with E-state index in [1.807, 2.05) is 43.3 Å². The number of benzene rings is 2. The van der Waals surface area contributed by atoms with Crippen LogP contribution in [0.4, 0.5) is 0 Å². The van der Waals surface area contributed by atoms with Crippen molar-refractivity contribution in [3.8, 4) is 0 Å². The quantitative estimate of drug-likeness (QED) is 0.818. The van der Waals surface area contributed by atoms with Gasteiger partial charge in [-0.1, -0.05) is 36.4 Å². The summed E-state index contributed by atoms with van der Waals surface area (Å²) in [6.45, 7) is 4.30. The van der Waals surface area contributed by atoms with Gasteiger partial charge in [0.2, 0.25) is 0 Å². The van der Waals surface area contributed by atoms with Crippen molar-refractivity contribution in [2.24, 2.45) is 5.73 Å². The van der Waals surface area contributed by atoms with E-state index in [2.05, 4.69) is 5.32 Å². The highest BCUT2D eigenvalue weighted by atomic mass is 35.5. The summed E-state index contributed by atoms with van der Waals surface area (Å²) in [4.78, 5) is 12.1. The SMILES string of the molecule is CCOCc1ccc(CNC(=O)c2ccc(CN)cc2)cc1.Cl. The molecule has 0 radical (unpaired) electrons. The molecule has 23 heavy (non-hydrogen) atoms. The molecule has 0 heterocycles. The van der Waals surface area contributed by atoms with Crippen LogP contribution in [0.2, 0.25) is 0 Å². The van der Waals surface area contributed by atoms with Crippen LogP contribution >= 0.6 is 12.4 Å². The zero-order valence-electron chi connectivity index (χ0n) is 13.2. The van der Waals surface area contributed by atoms with Crippen LogP contribution in [0.25, 0.3) is 0 Å². The molecular formula is C18H23ClN2O2. The molecule has 3 N–H and O–H groups in total. The summed E-state index contributed by atoms with van der Waals surface area (Å²) in [5.41, 5.74) is 9.40. The van der Waals surface area contributed by atoms with Gasteiger partial charge < -0.3 is 15.8 Å². The predicted molar refractivity (Wildman–Crippen MR) is 94.5 cm³/mol. The van der Waals surface area contributed by atoms with Crippen LogP contribution in [-0.2, 0) is 24.4 Å². The highest BCUT2D eigenvalue weighted by Crippen LogP contribution is 2.07. The van der Waals surface area contributed by atoms with Crippen LogP contribution in [0.5, 0.6) is 0 Å². The molecule has 0 unspecified atom stereocenters. The average Bonchev–Trinajstić information content (AvgIpc) is 2.58. The molecule has 0 spiro atoms. The number of nitrogens with one attached hydrogen (secondary N) is 1. The normalized spacial score (nSPS) is 10.0. The van der Waals surface area contributed by atoms with Crippen molar-refractivity contribution in [3.05, 3.63) is 70.8 Å². The summed E-state index contributed by atoms with van der Waals surface area (Å²) < 4.78 is 5.36. The number of halogens is 1. The Kier molecular flexibility index (Phi) is 8.33. The number of hydrogen-bond donors (Lipinski definition) is 2. The first kappa shape index (κ1) is 19.2. The van der Waals surface area contributed by atoms with Gasteiger partial charge in [0.05, 0.1) is 6.61 Å². The molecule has 0 fully saturated rings. The topological polar surface area (TPSA) is 64.3 Å². The Labute approximate surface area is 143 Å². The number of rotatable bonds is 7. The maximum Gasteiger partial charge on any atom is 0.251 e. The fourth-order valence-electron chi connectivity index (χ4n) is 2.05. The zero-order chi connectivity index (χ0) is 15.8. The molecule has 2 aromatic rings. The predicted octanol–water partition coefficient (Wildman–Crippen LogP) is 3.03. The molecule has 0 saturated carbocycles. The van der Waals surface area contributed by atoms with Crippen molar-refractivity contribution in [1.29, 1.82) is 0 Å². The van der Waals surface area contributed by atoms with Crippen LogP contribution < -0.4 is 11.1 Å². The molecule has 0 aromatic heterocycles. The standard InChI is InChI=1S/C18H22N2O2.ClH/c1-2-22-13-16-5-3-15(4-6-16)12-20-18(21)17-9-7-14(11-19)8-10-17;/h3-10H,2,11-13,19H2,1H3,(H,20,21);1H. The molecule has 0 atom stereocenters. The first-order valence-corrected chi connectivity index (χ1v) is 7.45. The molecule has 0 aliphatic rings. The second-order valence-electron chi connectivity index (χ2n) is 5.04. The van der Waals surface area contributed by atoms with Crippen molar-refractivity contribution in [3.63, 3.8) is 0 Å².